The Labute approximate surface area is 103 Å². The lowest BCUT2D eigenvalue weighted by atomic mass is 10.0. The molecule has 90 valence electrons. The summed E-state index contributed by atoms with van der Waals surface area (Å²) >= 11 is 1.88. The molecule has 1 fully saturated rings. The Morgan fingerprint density at radius 2 is 2.31 bits per heavy atom. The molecule has 1 nitrogen and oxygen atoms in total. The summed E-state index contributed by atoms with van der Waals surface area (Å²) in [7, 11) is 0. The fourth-order valence-electron chi connectivity index (χ4n) is 2.77. The molecule has 1 heterocycles. The molecule has 1 aromatic rings. The number of hydrogen-bond donors (Lipinski definition) is 1. The lowest BCUT2D eigenvalue weighted by Gasteiger charge is -2.21. The summed E-state index contributed by atoms with van der Waals surface area (Å²) in [6, 6.07) is 5.77. The van der Waals surface area contributed by atoms with Gasteiger partial charge in [0.15, 0.2) is 0 Å². The van der Waals surface area contributed by atoms with Crippen LogP contribution in [0, 0.1) is 5.92 Å². The van der Waals surface area contributed by atoms with Crippen molar-refractivity contribution in [2.75, 3.05) is 0 Å². The Balaban J connectivity index is 1.88. The van der Waals surface area contributed by atoms with E-state index in [0.29, 0.717) is 6.04 Å². The highest BCUT2D eigenvalue weighted by molar-refractivity contribution is 7.10. The Morgan fingerprint density at radius 1 is 1.44 bits per heavy atom. The van der Waals surface area contributed by atoms with E-state index in [9.17, 15) is 0 Å². The Kier molecular flexibility index (Phi) is 4.42. The molecule has 1 aliphatic rings. The normalized spacial score (nSPS) is 27.1. The van der Waals surface area contributed by atoms with Crippen LogP contribution in [-0.2, 0) is 0 Å². The molecule has 3 atom stereocenters. The van der Waals surface area contributed by atoms with Gasteiger partial charge in [-0.15, -0.1) is 11.3 Å². The Morgan fingerprint density at radius 3 is 2.88 bits per heavy atom. The van der Waals surface area contributed by atoms with Gasteiger partial charge in [-0.1, -0.05) is 26.3 Å². The molecular formula is C14H23NS. The van der Waals surface area contributed by atoms with E-state index >= 15 is 0 Å². The largest absolute Gasteiger partial charge is 0.306 e. The Hall–Kier alpha value is -0.340. The summed E-state index contributed by atoms with van der Waals surface area (Å²) in [5.41, 5.74) is 0. The van der Waals surface area contributed by atoms with Crippen LogP contribution in [0.2, 0.25) is 0 Å². The van der Waals surface area contributed by atoms with Gasteiger partial charge in [0.2, 0.25) is 0 Å². The van der Waals surface area contributed by atoms with Gasteiger partial charge >= 0.3 is 0 Å². The van der Waals surface area contributed by atoms with Crippen LogP contribution < -0.4 is 5.32 Å². The van der Waals surface area contributed by atoms with E-state index in [1.54, 1.807) is 0 Å². The van der Waals surface area contributed by atoms with Crippen molar-refractivity contribution in [3.8, 4) is 0 Å². The molecule has 0 radical (unpaired) electrons. The SMILES string of the molecule is CCC1CCC(NC(CC)c2cccs2)C1. The summed E-state index contributed by atoms with van der Waals surface area (Å²) in [5.74, 6) is 0.971. The van der Waals surface area contributed by atoms with E-state index in [0.717, 1.165) is 12.0 Å². The molecule has 0 saturated heterocycles. The van der Waals surface area contributed by atoms with E-state index in [-0.39, 0.29) is 0 Å². The second-order valence-corrected chi connectivity index (χ2v) is 5.91. The summed E-state index contributed by atoms with van der Waals surface area (Å²) in [6.45, 7) is 4.60. The standard InChI is InChI=1S/C14H23NS/c1-3-11-7-8-12(10-11)15-13(4-2)14-6-5-9-16-14/h5-6,9,11-13,15H,3-4,7-8,10H2,1-2H3. The second kappa shape index (κ2) is 5.83. The summed E-state index contributed by atoms with van der Waals surface area (Å²) in [4.78, 5) is 1.50. The highest BCUT2D eigenvalue weighted by atomic mass is 32.1. The van der Waals surface area contributed by atoms with Gasteiger partial charge in [-0.05, 0) is 43.0 Å². The lowest BCUT2D eigenvalue weighted by Crippen LogP contribution is -2.30. The molecule has 1 saturated carbocycles. The zero-order valence-corrected chi connectivity index (χ0v) is 11.2. The van der Waals surface area contributed by atoms with Crippen LogP contribution in [0.25, 0.3) is 0 Å². The fourth-order valence-corrected chi connectivity index (χ4v) is 3.64. The maximum atomic E-state index is 3.84. The molecule has 16 heavy (non-hydrogen) atoms. The summed E-state index contributed by atoms with van der Waals surface area (Å²) < 4.78 is 0. The van der Waals surface area contributed by atoms with Crippen molar-refractivity contribution < 1.29 is 0 Å². The third-order valence-electron chi connectivity index (χ3n) is 3.85. The van der Waals surface area contributed by atoms with Crippen LogP contribution >= 0.6 is 11.3 Å². The molecule has 1 aliphatic carbocycles. The van der Waals surface area contributed by atoms with Crippen molar-refractivity contribution >= 4 is 11.3 Å². The predicted octanol–water partition coefficient (Wildman–Crippen LogP) is 4.37. The van der Waals surface area contributed by atoms with Crippen LogP contribution in [-0.4, -0.2) is 6.04 Å². The minimum absolute atomic E-state index is 0.584. The van der Waals surface area contributed by atoms with Gasteiger partial charge in [0.05, 0.1) is 0 Å². The minimum atomic E-state index is 0.584. The molecule has 1 N–H and O–H groups in total. The third kappa shape index (κ3) is 2.86. The number of nitrogens with one attached hydrogen (secondary N) is 1. The van der Waals surface area contributed by atoms with Gasteiger partial charge in [-0.2, -0.15) is 0 Å². The number of thiophene rings is 1. The molecule has 0 bridgehead atoms. The van der Waals surface area contributed by atoms with E-state index in [1.165, 1.54) is 37.0 Å². The number of rotatable bonds is 5. The smallest absolute Gasteiger partial charge is 0.0414 e. The van der Waals surface area contributed by atoms with E-state index in [2.05, 4.69) is 36.7 Å². The van der Waals surface area contributed by atoms with Crippen LogP contribution in [0.3, 0.4) is 0 Å². The zero-order chi connectivity index (χ0) is 11.4. The average molecular weight is 237 g/mol. The third-order valence-corrected chi connectivity index (χ3v) is 4.84. The van der Waals surface area contributed by atoms with Crippen molar-refractivity contribution in [1.29, 1.82) is 0 Å². The molecule has 0 spiro atoms. The molecule has 1 aromatic heterocycles. The van der Waals surface area contributed by atoms with Crippen molar-refractivity contribution in [2.24, 2.45) is 5.92 Å². The first-order chi connectivity index (χ1) is 7.83. The molecule has 0 amide bonds. The van der Waals surface area contributed by atoms with Crippen molar-refractivity contribution in [3.63, 3.8) is 0 Å². The zero-order valence-electron chi connectivity index (χ0n) is 10.4. The van der Waals surface area contributed by atoms with Crippen LogP contribution in [0.15, 0.2) is 17.5 Å². The molecular weight excluding hydrogens is 214 g/mol. The highest BCUT2D eigenvalue weighted by Gasteiger charge is 2.25. The highest BCUT2D eigenvalue weighted by Crippen LogP contribution is 2.31. The van der Waals surface area contributed by atoms with Gasteiger partial charge in [0.1, 0.15) is 0 Å². The van der Waals surface area contributed by atoms with Crippen LogP contribution in [0.5, 0.6) is 0 Å². The molecule has 0 aliphatic heterocycles. The Bertz CT molecular complexity index is 294. The average Bonchev–Trinajstić information content (AvgIpc) is 2.96. The maximum Gasteiger partial charge on any atom is 0.0414 e. The number of hydrogen-bond acceptors (Lipinski definition) is 2. The predicted molar refractivity (Wildman–Crippen MR) is 71.9 cm³/mol. The van der Waals surface area contributed by atoms with Gasteiger partial charge in [0, 0.05) is 17.0 Å². The summed E-state index contributed by atoms with van der Waals surface area (Å²) in [5, 5.41) is 6.03. The maximum absolute atomic E-state index is 3.84. The van der Waals surface area contributed by atoms with Gasteiger partial charge in [-0.3, -0.25) is 0 Å². The first-order valence-corrected chi connectivity index (χ1v) is 7.50. The van der Waals surface area contributed by atoms with Gasteiger partial charge in [-0.25, -0.2) is 0 Å². The van der Waals surface area contributed by atoms with Crippen molar-refractivity contribution in [1.82, 2.24) is 5.32 Å². The lowest BCUT2D eigenvalue weighted by molar-refractivity contribution is 0.418. The summed E-state index contributed by atoms with van der Waals surface area (Å²) in [6.07, 6.45) is 6.75. The first-order valence-electron chi connectivity index (χ1n) is 6.62. The fraction of sp³-hybridized carbons (Fsp3) is 0.714. The van der Waals surface area contributed by atoms with E-state index in [1.807, 2.05) is 11.3 Å². The van der Waals surface area contributed by atoms with Crippen LogP contribution in [0.4, 0.5) is 0 Å². The molecule has 0 aromatic carbocycles. The quantitative estimate of drug-likeness (QED) is 0.802. The monoisotopic (exact) mass is 237 g/mol. The molecule has 2 heteroatoms. The van der Waals surface area contributed by atoms with Crippen molar-refractivity contribution in [2.45, 2.75) is 58.0 Å². The van der Waals surface area contributed by atoms with E-state index < -0.39 is 0 Å². The van der Waals surface area contributed by atoms with E-state index in [4.69, 9.17) is 0 Å². The van der Waals surface area contributed by atoms with Crippen LogP contribution in [0.1, 0.15) is 56.9 Å². The minimum Gasteiger partial charge on any atom is -0.306 e. The first kappa shape index (κ1) is 12.1. The van der Waals surface area contributed by atoms with Crippen molar-refractivity contribution in [3.05, 3.63) is 22.4 Å². The topological polar surface area (TPSA) is 12.0 Å². The molecule has 3 unspecified atom stereocenters. The van der Waals surface area contributed by atoms with Gasteiger partial charge in [0.25, 0.3) is 0 Å². The van der Waals surface area contributed by atoms with Gasteiger partial charge < -0.3 is 5.32 Å². The second-order valence-electron chi connectivity index (χ2n) is 4.93. The molecule has 2 rings (SSSR count).